The van der Waals surface area contributed by atoms with E-state index in [1.54, 1.807) is 27.6 Å². The van der Waals surface area contributed by atoms with Crippen LogP contribution in [-0.4, -0.2) is 63.9 Å². The Morgan fingerprint density at radius 3 is 3.05 bits per heavy atom. The molecule has 0 spiro atoms. The number of ether oxygens (including phenoxy) is 1. The molecule has 2 aliphatic heterocycles. The summed E-state index contributed by atoms with van der Waals surface area (Å²) in [7, 11) is 0. The lowest BCUT2D eigenvalue weighted by Crippen LogP contribution is -2.54. The lowest BCUT2D eigenvalue weighted by atomic mass is 10.2. The molecule has 0 radical (unpaired) electrons. The number of rotatable bonds is 2. The molecular formula is C12H15ClN4O3. The number of cyclic esters (lactones) is 1. The fraction of sp³-hybridized carbons (Fsp3) is 0.583. The van der Waals surface area contributed by atoms with Crippen LogP contribution in [0.1, 0.15) is 5.69 Å². The molecule has 3 rings (SSSR count). The van der Waals surface area contributed by atoms with Crippen molar-refractivity contribution in [1.82, 2.24) is 19.6 Å². The van der Waals surface area contributed by atoms with Crippen molar-refractivity contribution in [2.45, 2.75) is 19.5 Å². The van der Waals surface area contributed by atoms with Crippen LogP contribution in [0.2, 0.25) is 5.02 Å². The Balaban J connectivity index is 1.62. The van der Waals surface area contributed by atoms with Crippen LogP contribution in [0.5, 0.6) is 0 Å². The third-order valence-corrected chi connectivity index (χ3v) is 4.02. The maximum absolute atomic E-state index is 12.2. The number of halogens is 1. The normalized spacial score (nSPS) is 21.9. The predicted molar refractivity (Wildman–Crippen MR) is 70.4 cm³/mol. The summed E-state index contributed by atoms with van der Waals surface area (Å²) in [6.07, 6.45) is 1.37. The third kappa shape index (κ3) is 2.33. The number of carbonyl (C=O) groups excluding carboxylic acids is 2. The standard InChI is InChI=1S/C12H15ClN4O3/c1-8-10(13)5-16(14-8)6-11(18)15-2-3-17-9(4-15)7-20-12(17)19/h5,9H,2-4,6-7H2,1H3. The summed E-state index contributed by atoms with van der Waals surface area (Å²) in [5.74, 6) is -0.0248. The van der Waals surface area contributed by atoms with Gasteiger partial charge in [0.15, 0.2) is 0 Å². The highest BCUT2D eigenvalue weighted by Crippen LogP contribution is 2.18. The fourth-order valence-corrected chi connectivity index (χ4v) is 2.68. The molecule has 0 aliphatic carbocycles. The Labute approximate surface area is 121 Å². The Kier molecular flexibility index (Phi) is 3.29. The van der Waals surface area contributed by atoms with Gasteiger partial charge >= 0.3 is 6.09 Å². The van der Waals surface area contributed by atoms with E-state index in [1.807, 2.05) is 0 Å². The van der Waals surface area contributed by atoms with E-state index in [1.165, 1.54) is 0 Å². The first-order chi connectivity index (χ1) is 9.54. The van der Waals surface area contributed by atoms with Crippen molar-refractivity contribution in [3.63, 3.8) is 0 Å². The van der Waals surface area contributed by atoms with Gasteiger partial charge in [-0.15, -0.1) is 0 Å². The topological polar surface area (TPSA) is 67.7 Å². The average molecular weight is 299 g/mol. The van der Waals surface area contributed by atoms with Gasteiger partial charge in [-0.3, -0.25) is 14.4 Å². The monoisotopic (exact) mass is 298 g/mol. The molecular weight excluding hydrogens is 284 g/mol. The van der Waals surface area contributed by atoms with Gasteiger partial charge in [0.2, 0.25) is 5.91 Å². The number of hydrogen-bond donors (Lipinski definition) is 0. The smallest absolute Gasteiger partial charge is 0.410 e. The van der Waals surface area contributed by atoms with Gasteiger partial charge in [-0.05, 0) is 6.92 Å². The van der Waals surface area contributed by atoms with E-state index in [2.05, 4.69) is 5.10 Å². The zero-order valence-corrected chi connectivity index (χ0v) is 11.8. The summed E-state index contributed by atoms with van der Waals surface area (Å²) in [5, 5.41) is 4.72. The van der Waals surface area contributed by atoms with Crippen molar-refractivity contribution < 1.29 is 14.3 Å². The quantitative estimate of drug-likeness (QED) is 0.798. The van der Waals surface area contributed by atoms with Crippen LogP contribution >= 0.6 is 11.6 Å². The highest BCUT2D eigenvalue weighted by molar-refractivity contribution is 6.31. The molecule has 8 heteroatoms. The van der Waals surface area contributed by atoms with Gasteiger partial charge in [-0.2, -0.15) is 5.10 Å². The maximum Gasteiger partial charge on any atom is 0.410 e. The van der Waals surface area contributed by atoms with E-state index in [9.17, 15) is 9.59 Å². The molecule has 2 saturated heterocycles. The van der Waals surface area contributed by atoms with Gasteiger partial charge in [0, 0.05) is 25.8 Å². The Morgan fingerprint density at radius 1 is 1.55 bits per heavy atom. The molecule has 1 unspecified atom stereocenters. The Bertz CT molecular complexity index is 539. The van der Waals surface area contributed by atoms with Gasteiger partial charge < -0.3 is 9.64 Å². The van der Waals surface area contributed by atoms with Gasteiger partial charge in [0.05, 0.1) is 16.8 Å². The maximum atomic E-state index is 12.2. The number of piperazine rings is 1. The molecule has 0 aromatic carbocycles. The van der Waals surface area contributed by atoms with Gasteiger partial charge in [-0.1, -0.05) is 11.6 Å². The van der Waals surface area contributed by atoms with Crippen LogP contribution < -0.4 is 0 Å². The second-order valence-electron chi connectivity index (χ2n) is 5.02. The first-order valence-electron chi connectivity index (χ1n) is 6.45. The highest BCUT2D eigenvalue weighted by atomic mass is 35.5. The van der Waals surface area contributed by atoms with Crippen LogP contribution in [0.15, 0.2) is 6.20 Å². The van der Waals surface area contributed by atoms with E-state index >= 15 is 0 Å². The van der Waals surface area contributed by atoms with Crippen molar-refractivity contribution in [2.75, 3.05) is 26.2 Å². The molecule has 1 atom stereocenters. The first-order valence-corrected chi connectivity index (χ1v) is 6.83. The number of hydrogen-bond acceptors (Lipinski definition) is 4. The molecule has 1 aromatic rings. The first kappa shape index (κ1) is 13.2. The van der Waals surface area contributed by atoms with Gasteiger partial charge in [-0.25, -0.2) is 4.79 Å². The minimum Gasteiger partial charge on any atom is -0.447 e. The zero-order chi connectivity index (χ0) is 14.3. The van der Waals surface area contributed by atoms with Gasteiger partial charge in [0.25, 0.3) is 0 Å². The van der Waals surface area contributed by atoms with Crippen molar-refractivity contribution >= 4 is 23.6 Å². The van der Waals surface area contributed by atoms with Crippen molar-refractivity contribution in [3.8, 4) is 0 Å². The zero-order valence-electron chi connectivity index (χ0n) is 11.1. The van der Waals surface area contributed by atoms with Crippen LogP contribution in [0.25, 0.3) is 0 Å². The molecule has 2 fully saturated rings. The average Bonchev–Trinajstić information content (AvgIpc) is 2.93. The lowest BCUT2D eigenvalue weighted by Gasteiger charge is -2.35. The summed E-state index contributed by atoms with van der Waals surface area (Å²) in [4.78, 5) is 27.0. The second-order valence-corrected chi connectivity index (χ2v) is 5.43. The second kappa shape index (κ2) is 4.97. The number of amides is 2. The minimum absolute atomic E-state index is 0.0248. The largest absolute Gasteiger partial charge is 0.447 e. The summed E-state index contributed by atoms with van der Waals surface area (Å²) >= 11 is 5.92. The lowest BCUT2D eigenvalue weighted by molar-refractivity contribution is -0.134. The predicted octanol–water partition coefficient (Wildman–Crippen LogP) is 0.508. The Hall–Kier alpha value is -1.76. The summed E-state index contributed by atoms with van der Waals surface area (Å²) in [6.45, 7) is 3.87. The molecule has 2 aliphatic rings. The summed E-state index contributed by atoms with van der Waals surface area (Å²) < 4.78 is 6.52. The number of carbonyl (C=O) groups is 2. The van der Waals surface area contributed by atoms with E-state index in [-0.39, 0.29) is 24.6 Å². The minimum atomic E-state index is -0.281. The SMILES string of the molecule is Cc1nn(CC(=O)N2CCN3C(=O)OCC3C2)cc1Cl. The number of aromatic nitrogens is 2. The molecule has 7 nitrogen and oxygen atoms in total. The molecule has 1 aromatic heterocycles. The molecule has 0 saturated carbocycles. The number of fused-ring (bicyclic) bond motifs is 1. The number of aryl methyl sites for hydroxylation is 1. The van der Waals surface area contributed by atoms with E-state index in [4.69, 9.17) is 16.3 Å². The van der Waals surface area contributed by atoms with Crippen LogP contribution in [0.3, 0.4) is 0 Å². The molecule has 108 valence electrons. The molecule has 0 bridgehead atoms. The van der Waals surface area contributed by atoms with E-state index < -0.39 is 0 Å². The number of nitrogens with zero attached hydrogens (tertiary/aromatic N) is 4. The Morgan fingerprint density at radius 2 is 2.35 bits per heavy atom. The van der Waals surface area contributed by atoms with E-state index in [0.717, 1.165) is 0 Å². The molecule has 2 amide bonds. The van der Waals surface area contributed by atoms with Gasteiger partial charge in [0.1, 0.15) is 13.2 Å². The fourth-order valence-electron chi connectivity index (χ4n) is 2.53. The third-order valence-electron chi connectivity index (χ3n) is 3.65. The summed E-state index contributed by atoms with van der Waals surface area (Å²) in [5.41, 5.74) is 0.707. The highest BCUT2D eigenvalue weighted by Gasteiger charge is 2.38. The van der Waals surface area contributed by atoms with Crippen LogP contribution in [-0.2, 0) is 16.1 Å². The van der Waals surface area contributed by atoms with E-state index in [0.29, 0.717) is 37.0 Å². The molecule has 20 heavy (non-hydrogen) atoms. The van der Waals surface area contributed by atoms with Crippen LogP contribution in [0, 0.1) is 6.92 Å². The van der Waals surface area contributed by atoms with Crippen LogP contribution in [0.4, 0.5) is 4.79 Å². The van der Waals surface area contributed by atoms with Crippen molar-refractivity contribution in [3.05, 3.63) is 16.9 Å². The molecule has 0 N–H and O–H groups in total. The van der Waals surface area contributed by atoms with Crippen molar-refractivity contribution in [1.29, 1.82) is 0 Å². The van der Waals surface area contributed by atoms with Crippen molar-refractivity contribution in [2.24, 2.45) is 0 Å². The summed E-state index contributed by atoms with van der Waals surface area (Å²) in [6, 6.07) is -0.0249. The molecule has 3 heterocycles.